The van der Waals surface area contributed by atoms with Gasteiger partial charge in [0.25, 0.3) is 0 Å². The van der Waals surface area contributed by atoms with E-state index in [1.54, 1.807) is 10.7 Å². The molecule has 1 aromatic heterocycles. The fourth-order valence-corrected chi connectivity index (χ4v) is 1.90. The van der Waals surface area contributed by atoms with Crippen molar-refractivity contribution in [1.82, 2.24) is 9.78 Å². The van der Waals surface area contributed by atoms with Crippen LogP contribution < -0.4 is 11.1 Å². The first-order valence-corrected chi connectivity index (χ1v) is 6.19. The van der Waals surface area contributed by atoms with E-state index in [4.69, 9.17) is 17.3 Å². The molecule has 2 rings (SSSR count). The molecule has 1 amide bonds. The summed E-state index contributed by atoms with van der Waals surface area (Å²) in [5, 5.41) is 7.37. The number of hydrogen-bond acceptors (Lipinski definition) is 3. The van der Waals surface area contributed by atoms with Crippen LogP contribution in [0.1, 0.15) is 11.3 Å². The minimum absolute atomic E-state index is 0.103. The minimum atomic E-state index is -0.191. The molecule has 19 heavy (non-hydrogen) atoms. The number of nitrogen functional groups attached to an aromatic ring is 1. The average molecular weight is 279 g/mol. The highest BCUT2D eigenvalue weighted by Gasteiger charge is 2.11. The van der Waals surface area contributed by atoms with E-state index in [9.17, 15) is 4.79 Å². The highest BCUT2D eigenvalue weighted by atomic mass is 35.5. The van der Waals surface area contributed by atoms with E-state index in [2.05, 4.69) is 10.4 Å². The van der Waals surface area contributed by atoms with E-state index >= 15 is 0 Å². The summed E-state index contributed by atoms with van der Waals surface area (Å²) in [6.07, 6.45) is 1.52. The number of aryl methyl sites for hydroxylation is 1. The smallest absolute Gasteiger partial charge is 0.246 e. The third-order valence-corrected chi connectivity index (χ3v) is 3.28. The number of halogens is 1. The van der Waals surface area contributed by atoms with Gasteiger partial charge in [-0.2, -0.15) is 5.10 Å². The SMILES string of the molecule is Cc1cccc(N)c1NC(=O)Cn1ncc(Cl)c1C. The predicted octanol–water partition coefficient (Wildman–Crippen LogP) is 2.37. The topological polar surface area (TPSA) is 72.9 Å². The van der Waals surface area contributed by atoms with Gasteiger partial charge >= 0.3 is 0 Å². The van der Waals surface area contributed by atoms with Crippen molar-refractivity contribution >= 4 is 28.9 Å². The Morgan fingerprint density at radius 3 is 2.79 bits per heavy atom. The molecule has 3 N–H and O–H groups in total. The molecule has 2 aromatic rings. The fourth-order valence-electron chi connectivity index (χ4n) is 1.76. The van der Waals surface area contributed by atoms with E-state index in [-0.39, 0.29) is 12.5 Å². The molecule has 5 nitrogen and oxygen atoms in total. The molecular formula is C13H15ClN4O. The van der Waals surface area contributed by atoms with E-state index in [1.807, 2.05) is 26.0 Å². The number of hydrogen-bond donors (Lipinski definition) is 2. The monoisotopic (exact) mass is 278 g/mol. The molecule has 0 aliphatic carbocycles. The van der Waals surface area contributed by atoms with E-state index in [0.717, 1.165) is 11.3 Å². The predicted molar refractivity (Wildman–Crippen MR) is 76.2 cm³/mol. The second-order valence-corrected chi connectivity index (χ2v) is 4.73. The van der Waals surface area contributed by atoms with Crippen LogP contribution in [0.2, 0.25) is 5.02 Å². The van der Waals surface area contributed by atoms with Gasteiger partial charge in [-0.1, -0.05) is 23.7 Å². The number of rotatable bonds is 3. The lowest BCUT2D eigenvalue weighted by atomic mass is 10.1. The first-order chi connectivity index (χ1) is 8.99. The molecule has 0 atom stereocenters. The summed E-state index contributed by atoms with van der Waals surface area (Å²) in [6, 6.07) is 5.48. The Balaban J connectivity index is 2.12. The van der Waals surface area contributed by atoms with Crippen LogP contribution in [0.4, 0.5) is 11.4 Å². The lowest BCUT2D eigenvalue weighted by molar-refractivity contribution is -0.116. The number of carbonyl (C=O) groups is 1. The number of carbonyl (C=O) groups excluding carboxylic acids is 1. The van der Waals surface area contributed by atoms with Crippen molar-refractivity contribution in [3.63, 3.8) is 0 Å². The lowest BCUT2D eigenvalue weighted by Gasteiger charge is -2.11. The molecule has 6 heteroatoms. The highest BCUT2D eigenvalue weighted by Crippen LogP contribution is 2.22. The second kappa shape index (κ2) is 5.32. The fraction of sp³-hybridized carbons (Fsp3) is 0.231. The maximum absolute atomic E-state index is 12.0. The zero-order valence-corrected chi connectivity index (χ0v) is 11.5. The third-order valence-electron chi connectivity index (χ3n) is 2.91. The van der Waals surface area contributed by atoms with Gasteiger partial charge in [-0.15, -0.1) is 0 Å². The van der Waals surface area contributed by atoms with Gasteiger partial charge in [0.1, 0.15) is 6.54 Å². The number of para-hydroxylation sites is 1. The Kier molecular flexibility index (Phi) is 3.76. The number of amides is 1. The van der Waals surface area contributed by atoms with Gasteiger partial charge < -0.3 is 11.1 Å². The number of anilines is 2. The molecule has 0 spiro atoms. The maximum Gasteiger partial charge on any atom is 0.246 e. The van der Waals surface area contributed by atoms with Crippen LogP contribution in [0.15, 0.2) is 24.4 Å². The van der Waals surface area contributed by atoms with Crippen LogP contribution >= 0.6 is 11.6 Å². The molecule has 0 aliphatic rings. The summed E-state index contributed by atoms with van der Waals surface area (Å²) in [5.74, 6) is -0.191. The summed E-state index contributed by atoms with van der Waals surface area (Å²) in [5.41, 5.74) is 8.70. The standard InChI is InChI=1S/C13H15ClN4O/c1-8-4-3-5-11(15)13(8)17-12(19)7-18-9(2)10(14)6-16-18/h3-6H,7,15H2,1-2H3,(H,17,19). The Morgan fingerprint density at radius 1 is 1.47 bits per heavy atom. The van der Waals surface area contributed by atoms with Crippen molar-refractivity contribution in [2.24, 2.45) is 0 Å². The zero-order valence-electron chi connectivity index (χ0n) is 10.8. The third kappa shape index (κ3) is 2.88. The van der Waals surface area contributed by atoms with Crippen LogP contribution in [-0.4, -0.2) is 15.7 Å². The van der Waals surface area contributed by atoms with Gasteiger partial charge in [0.2, 0.25) is 5.91 Å². The van der Waals surface area contributed by atoms with Gasteiger partial charge in [-0.3, -0.25) is 9.48 Å². The minimum Gasteiger partial charge on any atom is -0.397 e. The molecule has 1 aromatic carbocycles. The zero-order chi connectivity index (χ0) is 14.0. The lowest BCUT2D eigenvalue weighted by Crippen LogP contribution is -2.21. The van der Waals surface area contributed by atoms with Crippen LogP contribution in [0.25, 0.3) is 0 Å². The number of nitrogens with two attached hydrogens (primary N) is 1. The van der Waals surface area contributed by atoms with Gasteiger partial charge in [-0.05, 0) is 25.5 Å². The Morgan fingerprint density at radius 2 is 2.21 bits per heavy atom. The van der Waals surface area contributed by atoms with Crippen LogP contribution in [0.3, 0.4) is 0 Å². The summed E-state index contributed by atoms with van der Waals surface area (Å²) in [4.78, 5) is 12.0. The van der Waals surface area contributed by atoms with Crippen LogP contribution in [-0.2, 0) is 11.3 Å². The Bertz CT molecular complexity index is 601. The highest BCUT2D eigenvalue weighted by molar-refractivity contribution is 6.31. The molecule has 1 heterocycles. The number of nitrogens with one attached hydrogen (secondary N) is 1. The van der Waals surface area contributed by atoms with E-state index < -0.39 is 0 Å². The second-order valence-electron chi connectivity index (χ2n) is 4.32. The van der Waals surface area contributed by atoms with Gasteiger partial charge in [0, 0.05) is 0 Å². The van der Waals surface area contributed by atoms with Crippen molar-refractivity contribution in [3.8, 4) is 0 Å². The quantitative estimate of drug-likeness (QED) is 0.847. The molecule has 0 fully saturated rings. The Hall–Kier alpha value is -2.01. The summed E-state index contributed by atoms with van der Waals surface area (Å²) < 4.78 is 1.55. The number of aromatic nitrogens is 2. The first kappa shape index (κ1) is 13.4. The van der Waals surface area contributed by atoms with Gasteiger partial charge in [0.15, 0.2) is 0 Å². The Labute approximate surface area is 116 Å². The molecule has 0 unspecified atom stereocenters. The van der Waals surface area contributed by atoms with Crippen molar-refractivity contribution in [3.05, 3.63) is 40.7 Å². The van der Waals surface area contributed by atoms with E-state index in [1.165, 1.54) is 6.20 Å². The molecule has 100 valence electrons. The summed E-state index contributed by atoms with van der Waals surface area (Å²) in [6.45, 7) is 3.80. The van der Waals surface area contributed by atoms with Crippen molar-refractivity contribution in [1.29, 1.82) is 0 Å². The largest absolute Gasteiger partial charge is 0.397 e. The van der Waals surface area contributed by atoms with Crippen LogP contribution in [0.5, 0.6) is 0 Å². The van der Waals surface area contributed by atoms with Gasteiger partial charge in [0.05, 0.1) is 28.3 Å². The van der Waals surface area contributed by atoms with Crippen molar-refractivity contribution < 1.29 is 4.79 Å². The molecule has 0 saturated carbocycles. The van der Waals surface area contributed by atoms with E-state index in [0.29, 0.717) is 16.4 Å². The summed E-state index contributed by atoms with van der Waals surface area (Å²) >= 11 is 5.89. The normalized spacial score (nSPS) is 10.5. The molecule has 0 bridgehead atoms. The van der Waals surface area contributed by atoms with Crippen LogP contribution in [0, 0.1) is 13.8 Å². The maximum atomic E-state index is 12.0. The average Bonchev–Trinajstić information content (AvgIpc) is 2.66. The van der Waals surface area contributed by atoms with Gasteiger partial charge in [-0.25, -0.2) is 0 Å². The first-order valence-electron chi connectivity index (χ1n) is 5.82. The molecular weight excluding hydrogens is 264 g/mol. The molecule has 0 saturated heterocycles. The molecule has 0 aliphatic heterocycles. The van der Waals surface area contributed by atoms with Crippen molar-refractivity contribution in [2.45, 2.75) is 20.4 Å². The summed E-state index contributed by atoms with van der Waals surface area (Å²) in [7, 11) is 0. The number of nitrogens with zero attached hydrogens (tertiary/aromatic N) is 2. The number of benzene rings is 1. The molecule has 0 radical (unpaired) electrons. The van der Waals surface area contributed by atoms with Crippen molar-refractivity contribution in [2.75, 3.05) is 11.1 Å².